The smallest absolute Gasteiger partial charge is 0.220 e. The molecule has 3 rings (SSSR count). The minimum Gasteiger partial charge on any atom is -0.388 e. The first kappa shape index (κ1) is 29.1. The Labute approximate surface area is 216 Å². The number of rotatable bonds is 16. The number of benzene rings is 1. The number of carbonyl (C=O) groups excluding carboxylic acids is 1. The fraction of sp³-hybridized carbons (Fsp3) is 0.759. The maximum atomic E-state index is 12.5. The number of aliphatic hydroxyl groups is 2. The van der Waals surface area contributed by atoms with E-state index in [0.29, 0.717) is 6.42 Å². The third-order valence-electron chi connectivity index (χ3n) is 7.29. The Morgan fingerprint density at radius 2 is 1.44 bits per heavy atom. The van der Waals surface area contributed by atoms with E-state index >= 15 is 0 Å². The minimum absolute atomic E-state index is 0.185. The average molecular weight is 506 g/mol. The van der Waals surface area contributed by atoms with Gasteiger partial charge >= 0.3 is 0 Å². The lowest BCUT2D eigenvalue weighted by atomic mass is 9.95. The molecule has 0 bridgehead atoms. The van der Waals surface area contributed by atoms with Crippen LogP contribution in [-0.4, -0.2) is 53.4 Å². The average Bonchev–Trinajstić information content (AvgIpc) is 2.89. The second-order valence-electron chi connectivity index (χ2n) is 10.3. The van der Waals surface area contributed by atoms with Gasteiger partial charge in [-0.2, -0.15) is 0 Å². The van der Waals surface area contributed by atoms with Crippen molar-refractivity contribution in [1.82, 2.24) is 5.32 Å². The fourth-order valence-electron chi connectivity index (χ4n) is 5.10. The lowest BCUT2D eigenvalue weighted by Crippen LogP contribution is -2.66. The second-order valence-corrected chi connectivity index (χ2v) is 10.3. The van der Waals surface area contributed by atoms with Crippen LogP contribution in [0.5, 0.6) is 0 Å². The molecule has 2 heterocycles. The van der Waals surface area contributed by atoms with Crippen LogP contribution in [0.3, 0.4) is 0 Å². The standard InChI is InChI=1S/C29H47NO6/c1-2-3-4-5-6-7-8-9-10-11-12-13-17-20-24(31)30-25-26(32)27-23(35-28(25)33)21-34-29(36-27)22-18-15-14-16-19-22/h14-16,18-19,23,25-29,32-33H,2-13,17,20-21H2,1H3,(H,30,31)/t23-,25-,26-,27-,28-,29?/m1/s1. The van der Waals surface area contributed by atoms with Crippen molar-refractivity contribution in [3.05, 3.63) is 35.9 Å². The van der Waals surface area contributed by atoms with Crippen LogP contribution >= 0.6 is 0 Å². The first-order chi connectivity index (χ1) is 17.6. The van der Waals surface area contributed by atoms with Gasteiger partial charge in [-0.3, -0.25) is 4.79 Å². The Morgan fingerprint density at radius 1 is 0.861 bits per heavy atom. The zero-order chi connectivity index (χ0) is 25.6. The summed E-state index contributed by atoms with van der Waals surface area (Å²) >= 11 is 0. The first-order valence-electron chi connectivity index (χ1n) is 14.2. The van der Waals surface area contributed by atoms with E-state index in [0.717, 1.165) is 24.8 Å². The molecule has 2 saturated heterocycles. The summed E-state index contributed by atoms with van der Waals surface area (Å²) in [5.41, 5.74) is 0.845. The molecule has 6 atom stereocenters. The highest BCUT2D eigenvalue weighted by Gasteiger charge is 2.49. The fourth-order valence-corrected chi connectivity index (χ4v) is 5.10. The molecule has 3 N–H and O–H groups in total. The van der Waals surface area contributed by atoms with Crippen molar-refractivity contribution in [2.45, 2.75) is 134 Å². The monoisotopic (exact) mass is 505 g/mol. The SMILES string of the molecule is CCCCCCCCCCCCCCCC(=O)N[C@@H]1[C@@H](O)[C@@H]2OC(c3ccccc3)OC[C@H]2O[C@H]1O. The van der Waals surface area contributed by atoms with Crippen molar-refractivity contribution in [3.63, 3.8) is 0 Å². The minimum atomic E-state index is -1.31. The predicted molar refractivity (Wildman–Crippen MR) is 139 cm³/mol. The highest BCUT2D eigenvalue weighted by atomic mass is 16.7. The molecule has 1 unspecified atom stereocenters. The molecule has 7 heteroatoms. The van der Waals surface area contributed by atoms with Gasteiger partial charge in [-0.1, -0.05) is 114 Å². The molecule has 0 aromatic heterocycles. The molecule has 2 aliphatic rings. The van der Waals surface area contributed by atoms with E-state index in [1.54, 1.807) is 0 Å². The third-order valence-corrected chi connectivity index (χ3v) is 7.29. The van der Waals surface area contributed by atoms with Gasteiger partial charge in [-0.05, 0) is 6.42 Å². The molecular weight excluding hydrogens is 458 g/mol. The molecular formula is C29H47NO6. The van der Waals surface area contributed by atoms with Gasteiger partial charge in [0.15, 0.2) is 12.6 Å². The predicted octanol–water partition coefficient (Wildman–Crippen LogP) is 5.14. The van der Waals surface area contributed by atoms with Crippen LogP contribution in [0.15, 0.2) is 30.3 Å². The highest BCUT2D eigenvalue weighted by Crippen LogP contribution is 2.33. The summed E-state index contributed by atoms with van der Waals surface area (Å²) < 4.78 is 17.3. The largest absolute Gasteiger partial charge is 0.388 e. The number of nitrogens with one attached hydrogen (secondary N) is 1. The van der Waals surface area contributed by atoms with Gasteiger partial charge in [0.1, 0.15) is 24.4 Å². The number of amides is 1. The normalized spacial score (nSPS) is 28.0. The molecule has 0 saturated carbocycles. The summed E-state index contributed by atoms with van der Waals surface area (Å²) in [6.07, 6.45) is 12.3. The number of aliphatic hydroxyl groups excluding tert-OH is 2. The summed E-state index contributed by atoms with van der Waals surface area (Å²) in [4.78, 5) is 12.5. The van der Waals surface area contributed by atoms with Gasteiger partial charge in [0.05, 0.1) is 6.61 Å². The van der Waals surface area contributed by atoms with Crippen LogP contribution in [0.2, 0.25) is 0 Å². The molecule has 2 fully saturated rings. The van der Waals surface area contributed by atoms with Crippen molar-refractivity contribution in [2.24, 2.45) is 0 Å². The molecule has 36 heavy (non-hydrogen) atoms. The summed E-state index contributed by atoms with van der Waals surface area (Å²) in [6, 6.07) is 8.55. The summed E-state index contributed by atoms with van der Waals surface area (Å²) in [5.74, 6) is -0.185. The zero-order valence-corrected chi connectivity index (χ0v) is 22.0. The topological polar surface area (TPSA) is 97.3 Å². The molecule has 2 aliphatic heterocycles. The van der Waals surface area contributed by atoms with Crippen LogP contribution in [0, 0.1) is 0 Å². The molecule has 1 aromatic rings. The van der Waals surface area contributed by atoms with Crippen LogP contribution in [-0.2, 0) is 19.0 Å². The van der Waals surface area contributed by atoms with E-state index in [2.05, 4.69) is 12.2 Å². The zero-order valence-electron chi connectivity index (χ0n) is 22.0. The van der Waals surface area contributed by atoms with Crippen molar-refractivity contribution >= 4 is 5.91 Å². The van der Waals surface area contributed by atoms with Crippen LogP contribution in [0.25, 0.3) is 0 Å². The van der Waals surface area contributed by atoms with Crippen LogP contribution in [0.4, 0.5) is 0 Å². The molecule has 1 aromatic carbocycles. The van der Waals surface area contributed by atoms with Crippen LogP contribution < -0.4 is 5.32 Å². The Kier molecular flexibility index (Phi) is 13.2. The first-order valence-corrected chi connectivity index (χ1v) is 14.2. The van der Waals surface area contributed by atoms with E-state index in [9.17, 15) is 15.0 Å². The number of hydrogen-bond acceptors (Lipinski definition) is 6. The summed E-state index contributed by atoms with van der Waals surface area (Å²) in [5, 5.41) is 24.0. The lowest BCUT2D eigenvalue weighted by Gasteiger charge is -2.46. The number of hydrogen-bond donors (Lipinski definition) is 3. The lowest BCUT2D eigenvalue weighted by molar-refractivity contribution is -0.337. The van der Waals surface area contributed by atoms with Gasteiger partial charge in [0.25, 0.3) is 0 Å². The molecule has 1 amide bonds. The number of unbranched alkanes of at least 4 members (excludes halogenated alkanes) is 12. The summed E-state index contributed by atoms with van der Waals surface area (Å²) in [6.45, 7) is 2.45. The number of ether oxygens (including phenoxy) is 3. The van der Waals surface area contributed by atoms with Gasteiger partial charge in [-0.25, -0.2) is 0 Å². The van der Waals surface area contributed by atoms with Crippen molar-refractivity contribution < 1.29 is 29.2 Å². The maximum Gasteiger partial charge on any atom is 0.220 e. The van der Waals surface area contributed by atoms with Crippen molar-refractivity contribution in [2.75, 3.05) is 6.61 Å². The Bertz CT molecular complexity index is 732. The van der Waals surface area contributed by atoms with Gasteiger partial charge < -0.3 is 29.7 Å². The van der Waals surface area contributed by atoms with E-state index in [1.807, 2.05) is 30.3 Å². The number of carbonyl (C=O) groups is 1. The molecule has 0 radical (unpaired) electrons. The van der Waals surface area contributed by atoms with Crippen molar-refractivity contribution in [1.29, 1.82) is 0 Å². The van der Waals surface area contributed by atoms with E-state index in [4.69, 9.17) is 14.2 Å². The Balaban J connectivity index is 1.28. The molecule has 0 spiro atoms. The summed E-state index contributed by atoms with van der Waals surface area (Å²) in [7, 11) is 0. The van der Waals surface area contributed by atoms with E-state index in [-0.39, 0.29) is 12.5 Å². The Morgan fingerprint density at radius 3 is 2.06 bits per heavy atom. The van der Waals surface area contributed by atoms with Gasteiger partial charge in [0.2, 0.25) is 5.91 Å². The van der Waals surface area contributed by atoms with E-state index in [1.165, 1.54) is 64.2 Å². The van der Waals surface area contributed by atoms with Crippen LogP contribution in [0.1, 0.15) is 109 Å². The second kappa shape index (κ2) is 16.4. The Hall–Kier alpha value is -1.51. The van der Waals surface area contributed by atoms with Gasteiger partial charge in [-0.15, -0.1) is 0 Å². The molecule has 0 aliphatic carbocycles. The van der Waals surface area contributed by atoms with Crippen molar-refractivity contribution in [3.8, 4) is 0 Å². The van der Waals surface area contributed by atoms with E-state index < -0.39 is 36.9 Å². The quantitative estimate of drug-likeness (QED) is 0.269. The molecule has 204 valence electrons. The molecule has 7 nitrogen and oxygen atoms in total. The maximum absolute atomic E-state index is 12.5. The number of fused-ring (bicyclic) bond motifs is 1. The van der Waals surface area contributed by atoms with Gasteiger partial charge in [0, 0.05) is 12.0 Å². The third kappa shape index (κ3) is 9.42. The highest BCUT2D eigenvalue weighted by molar-refractivity contribution is 5.76.